The van der Waals surface area contributed by atoms with Crippen molar-refractivity contribution in [3.05, 3.63) is 47.5 Å². The molecule has 0 saturated carbocycles. The van der Waals surface area contributed by atoms with E-state index in [0.29, 0.717) is 24.4 Å². The summed E-state index contributed by atoms with van der Waals surface area (Å²) in [5, 5.41) is 5.88. The highest BCUT2D eigenvalue weighted by Crippen LogP contribution is 2.20. The third-order valence-corrected chi connectivity index (χ3v) is 4.26. The largest absolute Gasteiger partial charge is 0.352 e. The summed E-state index contributed by atoms with van der Waals surface area (Å²) in [5.41, 5.74) is 1.65. The van der Waals surface area contributed by atoms with Crippen molar-refractivity contribution >= 4 is 11.8 Å². The van der Waals surface area contributed by atoms with Crippen LogP contribution in [-0.2, 0) is 11.3 Å². The molecule has 1 aliphatic carbocycles. The van der Waals surface area contributed by atoms with Crippen LogP contribution in [0.4, 0.5) is 0 Å². The minimum atomic E-state index is -0.0528. The number of amides is 2. The Morgan fingerprint density at radius 3 is 2.61 bits per heavy atom. The highest BCUT2D eigenvalue weighted by Gasteiger charge is 2.13. The zero-order chi connectivity index (χ0) is 16.7. The number of hydrogen-bond acceptors (Lipinski definition) is 2. The van der Waals surface area contributed by atoms with Crippen molar-refractivity contribution in [2.45, 2.75) is 52.1 Å². The van der Waals surface area contributed by atoms with Crippen LogP contribution in [0.3, 0.4) is 0 Å². The maximum atomic E-state index is 12.0. The molecule has 1 aromatic carbocycles. The van der Waals surface area contributed by atoms with E-state index in [0.717, 1.165) is 24.8 Å². The maximum absolute atomic E-state index is 12.0. The second kappa shape index (κ2) is 8.51. The maximum Gasteiger partial charge on any atom is 0.251 e. The molecule has 2 atom stereocenters. The number of hydrogen-bond donors (Lipinski definition) is 2. The number of nitrogens with one attached hydrogen (secondary N) is 2. The molecule has 1 aromatic rings. The molecule has 0 spiro atoms. The third-order valence-electron chi connectivity index (χ3n) is 4.26. The van der Waals surface area contributed by atoms with E-state index in [4.69, 9.17) is 0 Å². The summed E-state index contributed by atoms with van der Waals surface area (Å²) in [7, 11) is 0. The molecule has 0 radical (unpaired) electrons. The van der Waals surface area contributed by atoms with Crippen LogP contribution in [0, 0.1) is 5.92 Å². The first-order valence-electron chi connectivity index (χ1n) is 8.41. The van der Waals surface area contributed by atoms with Gasteiger partial charge in [0.15, 0.2) is 0 Å². The van der Waals surface area contributed by atoms with Gasteiger partial charge in [0.2, 0.25) is 5.91 Å². The number of benzene rings is 1. The molecule has 0 aromatic heterocycles. The molecule has 4 nitrogen and oxygen atoms in total. The summed E-state index contributed by atoms with van der Waals surface area (Å²) >= 11 is 0. The van der Waals surface area contributed by atoms with Gasteiger partial charge in [-0.2, -0.15) is 0 Å². The van der Waals surface area contributed by atoms with E-state index < -0.39 is 0 Å². The van der Waals surface area contributed by atoms with Gasteiger partial charge in [0.05, 0.1) is 0 Å². The summed E-state index contributed by atoms with van der Waals surface area (Å²) in [6.07, 6.45) is 7.90. The number of rotatable bonds is 7. The molecular weight excluding hydrogens is 288 g/mol. The van der Waals surface area contributed by atoms with Gasteiger partial charge in [-0.25, -0.2) is 0 Å². The smallest absolute Gasteiger partial charge is 0.251 e. The molecule has 0 unspecified atom stereocenters. The van der Waals surface area contributed by atoms with Gasteiger partial charge in [-0.1, -0.05) is 31.2 Å². The van der Waals surface area contributed by atoms with Gasteiger partial charge in [0, 0.05) is 24.6 Å². The van der Waals surface area contributed by atoms with Crippen molar-refractivity contribution in [2.24, 2.45) is 5.92 Å². The molecular formula is C19H26N2O2. The van der Waals surface area contributed by atoms with Crippen molar-refractivity contribution in [3.63, 3.8) is 0 Å². The van der Waals surface area contributed by atoms with E-state index in [1.54, 1.807) is 12.1 Å². The molecule has 0 fully saturated rings. The zero-order valence-corrected chi connectivity index (χ0v) is 14.0. The van der Waals surface area contributed by atoms with Crippen LogP contribution >= 0.6 is 0 Å². The van der Waals surface area contributed by atoms with Crippen molar-refractivity contribution < 1.29 is 9.59 Å². The normalized spacial score (nSPS) is 17.7. The van der Waals surface area contributed by atoms with E-state index >= 15 is 0 Å². The number of carbonyl (C=O) groups is 2. The summed E-state index contributed by atoms with van der Waals surface area (Å²) in [4.78, 5) is 23.9. The SMILES string of the molecule is CC[C@H](C)NC(=O)c1ccc(CNC(=O)C[C@@H]2C=CCC2)cc1. The second-order valence-electron chi connectivity index (χ2n) is 6.23. The van der Waals surface area contributed by atoms with Gasteiger partial charge >= 0.3 is 0 Å². The van der Waals surface area contributed by atoms with Crippen LogP contribution in [0.2, 0.25) is 0 Å². The van der Waals surface area contributed by atoms with Crippen LogP contribution < -0.4 is 10.6 Å². The average molecular weight is 314 g/mol. The second-order valence-corrected chi connectivity index (χ2v) is 6.23. The van der Waals surface area contributed by atoms with Crippen molar-refractivity contribution in [1.29, 1.82) is 0 Å². The molecule has 4 heteroatoms. The summed E-state index contributed by atoms with van der Waals surface area (Å²) in [6.45, 7) is 4.53. The van der Waals surface area contributed by atoms with Crippen LogP contribution in [0.25, 0.3) is 0 Å². The fraction of sp³-hybridized carbons (Fsp3) is 0.474. The van der Waals surface area contributed by atoms with E-state index in [-0.39, 0.29) is 17.9 Å². The van der Waals surface area contributed by atoms with Gasteiger partial charge < -0.3 is 10.6 Å². The predicted molar refractivity (Wildman–Crippen MR) is 92.0 cm³/mol. The van der Waals surface area contributed by atoms with E-state index in [1.807, 2.05) is 26.0 Å². The molecule has 2 amide bonds. The first kappa shape index (κ1) is 17.3. The topological polar surface area (TPSA) is 58.2 Å². The van der Waals surface area contributed by atoms with Gasteiger partial charge in [-0.3, -0.25) is 9.59 Å². The highest BCUT2D eigenvalue weighted by atomic mass is 16.2. The van der Waals surface area contributed by atoms with Gasteiger partial charge in [0.25, 0.3) is 5.91 Å². The highest BCUT2D eigenvalue weighted by molar-refractivity contribution is 5.94. The quantitative estimate of drug-likeness (QED) is 0.759. The minimum absolute atomic E-state index is 0.0528. The van der Waals surface area contributed by atoms with E-state index in [2.05, 4.69) is 22.8 Å². The van der Waals surface area contributed by atoms with Gasteiger partial charge in [0.1, 0.15) is 0 Å². The van der Waals surface area contributed by atoms with E-state index in [1.165, 1.54) is 0 Å². The first-order valence-corrected chi connectivity index (χ1v) is 8.41. The van der Waals surface area contributed by atoms with Crippen molar-refractivity contribution in [1.82, 2.24) is 10.6 Å². The molecule has 0 heterocycles. The zero-order valence-electron chi connectivity index (χ0n) is 14.0. The first-order chi connectivity index (χ1) is 11.1. The molecule has 0 aliphatic heterocycles. The van der Waals surface area contributed by atoms with Gasteiger partial charge in [-0.15, -0.1) is 0 Å². The van der Waals surface area contributed by atoms with Crippen LogP contribution in [-0.4, -0.2) is 17.9 Å². The molecule has 0 saturated heterocycles. The Morgan fingerprint density at radius 1 is 1.26 bits per heavy atom. The lowest BCUT2D eigenvalue weighted by atomic mass is 10.0. The minimum Gasteiger partial charge on any atom is -0.352 e. The lowest BCUT2D eigenvalue weighted by Gasteiger charge is -2.12. The molecule has 0 bridgehead atoms. The van der Waals surface area contributed by atoms with Gasteiger partial charge in [-0.05, 0) is 49.8 Å². The number of allylic oxidation sites excluding steroid dienone is 2. The van der Waals surface area contributed by atoms with Crippen LogP contribution in [0.1, 0.15) is 55.5 Å². The monoisotopic (exact) mass is 314 g/mol. The Balaban J connectivity index is 1.79. The molecule has 2 N–H and O–H groups in total. The lowest BCUT2D eigenvalue weighted by Crippen LogP contribution is -2.31. The summed E-state index contributed by atoms with van der Waals surface area (Å²) < 4.78 is 0. The van der Waals surface area contributed by atoms with Crippen LogP contribution in [0.5, 0.6) is 0 Å². The molecule has 1 aliphatic rings. The Labute approximate surface area is 138 Å². The molecule has 23 heavy (non-hydrogen) atoms. The Bertz CT molecular complexity index is 563. The summed E-state index contributed by atoms with van der Waals surface area (Å²) in [6, 6.07) is 7.56. The van der Waals surface area contributed by atoms with Crippen molar-refractivity contribution in [3.8, 4) is 0 Å². The Hall–Kier alpha value is -2.10. The third kappa shape index (κ3) is 5.55. The fourth-order valence-electron chi connectivity index (χ4n) is 2.56. The number of carbonyl (C=O) groups excluding carboxylic acids is 2. The fourth-order valence-corrected chi connectivity index (χ4v) is 2.56. The lowest BCUT2D eigenvalue weighted by molar-refractivity contribution is -0.121. The standard InChI is InChI=1S/C19H26N2O2/c1-3-14(2)21-19(23)17-10-8-16(9-11-17)13-20-18(22)12-15-6-4-5-7-15/h4,6,8-11,14-15H,3,5,7,12-13H2,1-2H3,(H,20,22)(H,21,23)/t14-,15+/m0/s1. The average Bonchev–Trinajstić information content (AvgIpc) is 3.06. The molecule has 2 rings (SSSR count). The molecule has 124 valence electrons. The summed E-state index contributed by atoms with van der Waals surface area (Å²) in [5.74, 6) is 0.421. The predicted octanol–water partition coefficient (Wildman–Crippen LogP) is 3.19. The van der Waals surface area contributed by atoms with E-state index in [9.17, 15) is 9.59 Å². The Kier molecular flexibility index (Phi) is 6.39. The van der Waals surface area contributed by atoms with Crippen LogP contribution in [0.15, 0.2) is 36.4 Å². The Morgan fingerprint density at radius 2 is 2.00 bits per heavy atom. The van der Waals surface area contributed by atoms with Crippen molar-refractivity contribution in [2.75, 3.05) is 0 Å².